The van der Waals surface area contributed by atoms with Crippen molar-refractivity contribution in [3.63, 3.8) is 0 Å². The van der Waals surface area contributed by atoms with Crippen molar-refractivity contribution < 1.29 is 14.3 Å². The minimum Gasteiger partial charge on any atom is -0.467 e. The summed E-state index contributed by atoms with van der Waals surface area (Å²) in [5, 5.41) is 8.18. The van der Waals surface area contributed by atoms with Gasteiger partial charge in [-0.05, 0) is 25.5 Å². The Hall–Kier alpha value is -3.09. The third-order valence-corrected chi connectivity index (χ3v) is 4.92. The fourth-order valence-electron chi connectivity index (χ4n) is 3.34. The Bertz CT molecular complexity index is 986. The average molecular weight is 368 g/mol. The van der Waals surface area contributed by atoms with E-state index in [9.17, 15) is 9.59 Å². The number of rotatable bonds is 6. The van der Waals surface area contributed by atoms with Gasteiger partial charge >= 0.3 is 5.97 Å². The van der Waals surface area contributed by atoms with E-state index in [2.05, 4.69) is 15.4 Å². The maximum Gasteiger partial charge on any atom is 0.328 e. The molecule has 0 saturated carbocycles. The minimum atomic E-state index is -0.751. The third kappa shape index (κ3) is 3.86. The van der Waals surface area contributed by atoms with Crippen LogP contribution in [-0.4, -0.2) is 39.8 Å². The van der Waals surface area contributed by atoms with Gasteiger partial charge in [-0.1, -0.05) is 18.2 Å². The lowest BCUT2D eigenvalue weighted by Crippen LogP contribution is -2.43. The van der Waals surface area contributed by atoms with Gasteiger partial charge in [0.15, 0.2) is 0 Å². The first-order chi connectivity index (χ1) is 12.9. The largest absolute Gasteiger partial charge is 0.467 e. The average Bonchev–Trinajstić information content (AvgIpc) is 3.16. The molecule has 0 radical (unpaired) electrons. The number of aryl methyl sites for hydroxylation is 2. The number of hydrogen-bond acceptors (Lipinski definition) is 4. The van der Waals surface area contributed by atoms with Gasteiger partial charge < -0.3 is 15.0 Å². The molecule has 1 aromatic carbocycles. The second-order valence-corrected chi connectivity index (χ2v) is 6.66. The number of benzene rings is 1. The summed E-state index contributed by atoms with van der Waals surface area (Å²) >= 11 is 0. The van der Waals surface area contributed by atoms with Gasteiger partial charge in [0.25, 0.3) is 0 Å². The van der Waals surface area contributed by atoms with Gasteiger partial charge in [-0.3, -0.25) is 9.48 Å². The number of H-pyrrole nitrogens is 1. The van der Waals surface area contributed by atoms with Crippen molar-refractivity contribution in [1.82, 2.24) is 20.1 Å². The van der Waals surface area contributed by atoms with Crippen molar-refractivity contribution in [3.8, 4) is 0 Å². The first kappa shape index (κ1) is 18.7. The fraction of sp³-hybridized carbons (Fsp3) is 0.350. The molecule has 1 unspecified atom stereocenters. The third-order valence-electron chi connectivity index (χ3n) is 4.92. The van der Waals surface area contributed by atoms with Crippen LogP contribution >= 0.6 is 0 Å². The molecule has 27 heavy (non-hydrogen) atoms. The second kappa shape index (κ2) is 7.65. The number of fused-ring (bicyclic) bond motifs is 1. The van der Waals surface area contributed by atoms with Gasteiger partial charge in [0.2, 0.25) is 5.91 Å². The molecule has 142 valence electrons. The zero-order chi connectivity index (χ0) is 19.6. The molecule has 0 fully saturated rings. The van der Waals surface area contributed by atoms with Crippen LogP contribution in [-0.2, 0) is 34.2 Å². The van der Waals surface area contributed by atoms with Crippen LogP contribution in [0, 0.1) is 13.8 Å². The normalized spacial score (nSPS) is 12.1. The number of methoxy groups -OCH3 is 1. The lowest BCUT2D eigenvalue weighted by molar-refractivity contribution is -0.145. The number of aromatic amines is 1. The quantitative estimate of drug-likeness (QED) is 0.651. The monoisotopic (exact) mass is 368 g/mol. The smallest absolute Gasteiger partial charge is 0.328 e. The van der Waals surface area contributed by atoms with Crippen LogP contribution in [0.2, 0.25) is 0 Å². The van der Waals surface area contributed by atoms with Crippen LogP contribution in [0.15, 0.2) is 30.5 Å². The number of ether oxygens (including phenoxy) is 1. The van der Waals surface area contributed by atoms with E-state index >= 15 is 0 Å². The SMILES string of the molecule is COC(=O)C(Cc1c[nH]c2ccccc12)NC(=O)Cc1c(C)nn(C)c1C. The first-order valence-corrected chi connectivity index (χ1v) is 8.82. The van der Waals surface area contributed by atoms with E-state index < -0.39 is 12.0 Å². The molecule has 0 aliphatic carbocycles. The highest BCUT2D eigenvalue weighted by Gasteiger charge is 2.24. The lowest BCUT2D eigenvalue weighted by atomic mass is 10.0. The van der Waals surface area contributed by atoms with Crippen molar-refractivity contribution in [3.05, 3.63) is 53.0 Å². The predicted molar refractivity (Wildman–Crippen MR) is 102 cm³/mol. The predicted octanol–water partition coefficient (Wildman–Crippen LogP) is 1.96. The van der Waals surface area contributed by atoms with Crippen molar-refractivity contribution in [2.24, 2.45) is 7.05 Å². The molecule has 3 aromatic rings. The van der Waals surface area contributed by atoms with E-state index in [1.807, 2.05) is 51.4 Å². The van der Waals surface area contributed by atoms with E-state index in [0.29, 0.717) is 6.42 Å². The standard InChI is InChI=1S/C20H24N4O3/c1-12-16(13(2)24(3)23-12)10-19(25)22-18(20(26)27-4)9-14-11-21-17-8-6-5-7-15(14)17/h5-8,11,18,21H,9-10H2,1-4H3,(H,22,25). The molecule has 0 bridgehead atoms. The molecule has 3 rings (SSSR count). The molecule has 2 N–H and O–H groups in total. The Kier molecular flexibility index (Phi) is 5.30. The number of para-hydroxylation sites is 1. The lowest BCUT2D eigenvalue weighted by Gasteiger charge is -2.16. The molecule has 1 amide bonds. The molecule has 2 aromatic heterocycles. The zero-order valence-corrected chi connectivity index (χ0v) is 16.0. The molecule has 0 saturated heterocycles. The number of amides is 1. The van der Waals surface area contributed by atoms with Crippen molar-refractivity contribution in [1.29, 1.82) is 0 Å². The summed E-state index contributed by atoms with van der Waals surface area (Å²) in [6.07, 6.45) is 2.39. The van der Waals surface area contributed by atoms with Gasteiger partial charge in [0, 0.05) is 41.8 Å². The highest BCUT2D eigenvalue weighted by molar-refractivity contribution is 5.88. The number of carbonyl (C=O) groups is 2. The first-order valence-electron chi connectivity index (χ1n) is 8.82. The van der Waals surface area contributed by atoms with Crippen LogP contribution in [0.4, 0.5) is 0 Å². The Morgan fingerprint density at radius 2 is 2.04 bits per heavy atom. The van der Waals surface area contributed by atoms with Crippen LogP contribution in [0.3, 0.4) is 0 Å². The molecule has 0 aliphatic rings. The zero-order valence-electron chi connectivity index (χ0n) is 16.0. The summed E-state index contributed by atoms with van der Waals surface area (Å²) in [5.41, 5.74) is 4.58. The van der Waals surface area contributed by atoms with E-state index in [1.165, 1.54) is 7.11 Å². The topological polar surface area (TPSA) is 89.0 Å². The summed E-state index contributed by atoms with van der Waals surface area (Å²) < 4.78 is 6.65. The summed E-state index contributed by atoms with van der Waals surface area (Å²) in [7, 11) is 3.17. The highest BCUT2D eigenvalue weighted by Crippen LogP contribution is 2.19. The van der Waals surface area contributed by atoms with Gasteiger partial charge in [-0.15, -0.1) is 0 Å². The maximum absolute atomic E-state index is 12.6. The van der Waals surface area contributed by atoms with Crippen molar-refractivity contribution in [2.75, 3.05) is 7.11 Å². The Labute approximate surface area is 157 Å². The van der Waals surface area contributed by atoms with Crippen LogP contribution in [0.25, 0.3) is 10.9 Å². The van der Waals surface area contributed by atoms with Crippen molar-refractivity contribution >= 4 is 22.8 Å². The number of nitrogens with zero attached hydrogens (tertiary/aromatic N) is 2. The molecule has 1 atom stereocenters. The minimum absolute atomic E-state index is 0.173. The summed E-state index contributed by atoms with van der Waals surface area (Å²) in [6.45, 7) is 3.80. The Morgan fingerprint density at radius 3 is 2.70 bits per heavy atom. The van der Waals surface area contributed by atoms with Crippen molar-refractivity contribution in [2.45, 2.75) is 32.7 Å². The number of hydrogen-bond donors (Lipinski definition) is 2. The molecular formula is C20H24N4O3. The van der Waals surface area contributed by atoms with Crippen LogP contribution in [0.5, 0.6) is 0 Å². The Balaban J connectivity index is 1.77. The van der Waals surface area contributed by atoms with Crippen LogP contribution < -0.4 is 5.32 Å². The van der Waals surface area contributed by atoms with Gasteiger partial charge in [0.1, 0.15) is 6.04 Å². The van der Waals surface area contributed by atoms with E-state index in [0.717, 1.165) is 33.4 Å². The molecular weight excluding hydrogens is 344 g/mol. The molecule has 0 spiro atoms. The number of esters is 1. The van der Waals surface area contributed by atoms with E-state index in [4.69, 9.17) is 4.74 Å². The fourth-order valence-corrected chi connectivity index (χ4v) is 3.34. The van der Waals surface area contributed by atoms with Gasteiger partial charge in [-0.25, -0.2) is 4.79 Å². The maximum atomic E-state index is 12.6. The van der Waals surface area contributed by atoms with Crippen LogP contribution in [0.1, 0.15) is 22.5 Å². The highest BCUT2D eigenvalue weighted by atomic mass is 16.5. The number of aromatic nitrogens is 3. The summed E-state index contributed by atoms with van der Waals surface area (Å²) in [5.74, 6) is -0.697. The molecule has 0 aliphatic heterocycles. The van der Waals surface area contributed by atoms with E-state index in [-0.39, 0.29) is 12.3 Å². The number of carbonyl (C=O) groups excluding carboxylic acids is 2. The molecule has 7 heteroatoms. The van der Waals surface area contributed by atoms with E-state index in [1.54, 1.807) is 4.68 Å². The Morgan fingerprint density at radius 1 is 1.30 bits per heavy atom. The molecule has 2 heterocycles. The summed E-state index contributed by atoms with van der Waals surface area (Å²) in [4.78, 5) is 28.0. The molecule has 7 nitrogen and oxygen atoms in total. The number of nitrogens with one attached hydrogen (secondary N) is 2. The van der Waals surface area contributed by atoms with Gasteiger partial charge in [0.05, 0.1) is 19.2 Å². The second-order valence-electron chi connectivity index (χ2n) is 6.66. The summed E-state index contributed by atoms with van der Waals surface area (Å²) in [6, 6.07) is 7.09. The van der Waals surface area contributed by atoms with Gasteiger partial charge in [-0.2, -0.15) is 5.10 Å².